The van der Waals surface area contributed by atoms with E-state index in [1.54, 1.807) is 0 Å². The summed E-state index contributed by atoms with van der Waals surface area (Å²) in [7, 11) is 0. The zero-order valence-electron chi connectivity index (χ0n) is 11.7. The van der Waals surface area contributed by atoms with Gasteiger partial charge >= 0.3 is 0 Å². The predicted molar refractivity (Wildman–Crippen MR) is 83.0 cm³/mol. The molecular weight excluding hydrogens is 246 g/mol. The minimum atomic E-state index is 0.721. The van der Waals surface area contributed by atoms with Crippen LogP contribution in [0.2, 0.25) is 0 Å². The van der Waals surface area contributed by atoms with Gasteiger partial charge in [-0.05, 0) is 42.7 Å². The van der Waals surface area contributed by atoms with Crippen LogP contribution in [0.25, 0.3) is 0 Å². The van der Waals surface area contributed by atoms with Crippen LogP contribution in [-0.4, -0.2) is 13.2 Å². The lowest BCUT2D eigenvalue weighted by Crippen LogP contribution is -2.13. The van der Waals surface area contributed by atoms with Gasteiger partial charge in [0.05, 0.1) is 6.61 Å². The number of ether oxygens (including phenoxy) is 1. The van der Waals surface area contributed by atoms with Crippen LogP contribution < -0.4 is 9.64 Å². The average Bonchev–Trinajstić information content (AvgIpc) is 3.03. The van der Waals surface area contributed by atoms with E-state index in [4.69, 9.17) is 4.74 Å². The van der Waals surface area contributed by atoms with E-state index in [-0.39, 0.29) is 0 Å². The Morgan fingerprint density at radius 3 is 2.45 bits per heavy atom. The molecule has 20 heavy (non-hydrogen) atoms. The zero-order valence-corrected chi connectivity index (χ0v) is 11.7. The van der Waals surface area contributed by atoms with Gasteiger partial charge in [-0.25, -0.2) is 0 Å². The van der Waals surface area contributed by atoms with Gasteiger partial charge in [0.2, 0.25) is 0 Å². The Labute approximate surface area is 121 Å². The van der Waals surface area contributed by atoms with Crippen LogP contribution in [0.1, 0.15) is 18.4 Å². The molecule has 0 unspecified atom stereocenters. The Kier molecular flexibility index (Phi) is 4.22. The molecule has 1 heterocycles. The molecule has 2 aromatic carbocycles. The SMILES string of the molecule is [CH]1CCCN1c1ccc(OCCc2ccccc2)cc1. The van der Waals surface area contributed by atoms with Gasteiger partial charge in [0, 0.05) is 25.2 Å². The van der Waals surface area contributed by atoms with E-state index < -0.39 is 0 Å². The van der Waals surface area contributed by atoms with Crippen molar-refractivity contribution in [2.75, 3.05) is 18.1 Å². The first-order valence-electron chi connectivity index (χ1n) is 7.28. The maximum absolute atomic E-state index is 5.80. The Hall–Kier alpha value is -1.96. The van der Waals surface area contributed by atoms with Crippen molar-refractivity contribution in [1.29, 1.82) is 0 Å². The van der Waals surface area contributed by atoms with Crippen molar-refractivity contribution >= 4 is 5.69 Å². The highest BCUT2D eigenvalue weighted by molar-refractivity contribution is 5.51. The summed E-state index contributed by atoms with van der Waals surface area (Å²) in [5.74, 6) is 0.948. The Balaban J connectivity index is 1.50. The van der Waals surface area contributed by atoms with Crippen LogP contribution in [0.3, 0.4) is 0 Å². The molecule has 0 bridgehead atoms. The van der Waals surface area contributed by atoms with E-state index in [0.717, 1.165) is 25.3 Å². The van der Waals surface area contributed by atoms with Gasteiger partial charge in [-0.15, -0.1) is 0 Å². The second-order valence-corrected chi connectivity index (χ2v) is 5.10. The van der Waals surface area contributed by atoms with Gasteiger partial charge < -0.3 is 9.64 Å². The van der Waals surface area contributed by atoms with E-state index in [1.165, 1.54) is 24.1 Å². The van der Waals surface area contributed by atoms with Crippen LogP contribution in [0.5, 0.6) is 5.75 Å². The fourth-order valence-electron chi connectivity index (χ4n) is 2.50. The summed E-state index contributed by atoms with van der Waals surface area (Å²) in [5, 5.41) is 0. The molecule has 103 valence electrons. The molecule has 1 fully saturated rings. The fourth-order valence-corrected chi connectivity index (χ4v) is 2.50. The second kappa shape index (κ2) is 6.47. The van der Waals surface area contributed by atoms with Crippen LogP contribution in [-0.2, 0) is 6.42 Å². The Morgan fingerprint density at radius 1 is 0.950 bits per heavy atom. The first-order valence-corrected chi connectivity index (χ1v) is 7.28. The number of benzene rings is 2. The van der Waals surface area contributed by atoms with Gasteiger partial charge in [0.15, 0.2) is 0 Å². The van der Waals surface area contributed by atoms with Crippen molar-refractivity contribution in [3.05, 3.63) is 66.7 Å². The topological polar surface area (TPSA) is 12.5 Å². The lowest BCUT2D eigenvalue weighted by molar-refractivity contribution is 0.322. The van der Waals surface area contributed by atoms with Crippen molar-refractivity contribution in [3.63, 3.8) is 0 Å². The molecule has 0 aliphatic carbocycles. The Morgan fingerprint density at radius 2 is 1.75 bits per heavy atom. The summed E-state index contributed by atoms with van der Waals surface area (Å²) in [6.07, 6.45) is 3.40. The normalized spacial score (nSPS) is 14.5. The first-order chi connectivity index (χ1) is 9.92. The Bertz CT molecular complexity index is 515. The minimum Gasteiger partial charge on any atom is -0.493 e. The molecule has 3 rings (SSSR count). The maximum atomic E-state index is 5.80. The number of hydrogen-bond donors (Lipinski definition) is 0. The van der Waals surface area contributed by atoms with Crippen molar-refractivity contribution in [3.8, 4) is 5.75 Å². The number of anilines is 1. The summed E-state index contributed by atoms with van der Waals surface area (Å²) >= 11 is 0. The third-order valence-corrected chi connectivity index (χ3v) is 3.62. The van der Waals surface area contributed by atoms with E-state index in [9.17, 15) is 0 Å². The van der Waals surface area contributed by atoms with E-state index in [2.05, 4.69) is 60.0 Å². The number of nitrogens with zero attached hydrogens (tertiary/aromatic N) is 1. The van der Waals surface area contributed by atoms with Crippen molar-refractivity contribution in [2.24, 2.45) is 0 Å². The van der Waals surface area contributed by atoms with Gasteiger partial charge in [-0.2, -0.15) is 0 Å². The predicted octanol–water partition coefficient (Wildman–Crippen LogP) is 4.07. The molecule has 0 aromatic heterocycles. The van der Waals surface area contributed by atoms with Gasteiger partial charge in [-0.3, -0.25) is 0 Å². The molecule has 2 heteroatoms. The third kappa shape index (κ3) is 3.32. The van der Waals surface area contributed by atoms with Crippen LogP contribution >= 0.6 is 0 Å². The molecule has 0 N–H and O–H groups in total. The van der Waals surface area contributed by atoms with Gasteiger partial charge in [-0.1, -0.05) is 30.3 Å². The van der Waals surface area contributed by atoms with Crippen molar-refractivity contribution in [2.45, 2.75) is 19.3 Å². The maximum Gasteiger partial charge on any atom is 0.119 e. The summed E-state index contributed by atoms with van der Waals surface area (Å²) in [6.45, 7) is 4.12. The molecule has 0 atom stereocenters. The fraction of sp³-hybridized carbons (Fsp3) is 0.278. The van der Waals surface area contributed by atoms with Gasteiger partial charge in [0.25, 0.3) is 0 Å². The summed E-state index contributed by atoms with van der Waals surface area (Å²) in [5.41, 5.74) is 2.58. The number of hydrogen-bond acceptors (Lipinski definition) is 2. The third-order valence-electron chi connectivity index (χ3n) is 3.62. The highest BCUT2D eigenvalue weighted by atomic mass is 16.5. The van der Waals surface area contributed by atoms with E-state index in [1.807, 2.05) is 6.07 Å². The lowest BCUT2D eigenvalue weighted by Gasteiger charge is -2.17. The monoisotopic (exact) mass is 266 g/mol. The van der Waals surface area contributed by atoms with Crippen LogP contribution in [0, 0.1) is 6.54 Å². The van der Waals surface area contributed by atoms with E-state index >= 15 is 0 Å². The molecule has 1 aliphatic rings. The zero-order chi connectivity index (χ0) is 13.6. The van der Waals surface area contributed by atoms with E-state index in [0.29, 0.717) is 0 Å². The highest BCUT2D eigenvalue weighted by Crippen LogP contribution is 2.25. The summed E-state index contributed by atoms with van der Waals surface area (Å²) in [4.78, 5) is 2.31. The number of rotatable bonds is 5. The van der Waals surface area contributed by atoms with Gasteiger partial charge in [0.1, 0.15) is 5.75 Å². The molecule has 1 radical (unpaired) electrons. The summed E-state index contributed by atoms with van der Waals surface area (Å²) in [6, 6.07) is 18.8. The molecule has 0 saturated carbocycles. The van der Waals surface area contributed by atoms with Crippen LogP contribution in [0.15, 0.2) is 54.6 Å². The molecule has 0 amide bonds. The van der Waals surface area contributed by atoms with Crippen molar-refractivity contribution < 1.29 is 4.74 Å². The molecule has 2 nitrogen and oxygen atoms in total. The smallest absolute Gasteiger partial charge is 0.119 e. The van der Waals surface area contributed by atoms with Crippen LogP contribution in [0.4, 0.5) is 5.69 Å². The largest absolute Gasteiger partial charge is 0.493 e. The highest BCUT2D eigenvalue weighted by Gasteiger charge is 2.12. The molecule has 0 spiro atoms. The second-order valence-electron chi connectivity index (χ2n) is 5.10. The summed E-state index contributed by atoms with van der Waals surface area (Å²) < 4.78 is 5.80. The van der Waals surface area contributed by atoms with Crippen molar-refractivity contribution in [1.82, 2.24) is 0 Å². The molecular formula is C18H20NO. The lowest BCUT2D eigenvalue weighted by atomic mass is 10.2. The molecule has 1 saturated heterocycles. The standard InChI is InChI=1S/C18H20NO/c1-2-6-16(7-3-1)12-15-20-18-10-8-17(9-11-18)19-13-4-5-14-19/h1-3,6-11,13H,4-5,12,14-15H2. The average molecular weight is 266 g/mol. The molecule has 1 aliphatic heterocycles. The molecule has 2 aromatic rings. The first kappa shape index (κ1) is 13.0. The minimum absolute atomic E-state index is 0.721. The quantitative estimate of drug-likeness (QED) is 0.809.